The average Bonchev–Trinajstić information content (AvgIpc) is 2.53. The van der Waals surface area contributed by atoms with Crippen molar-refractivity contribution in [3.63, 3.8) is 0 Å². The van der Waals surface area contributed by atoms with Crippen molar-refractivity contribution in [2.75, 3.05) is 11.9 Å². The fraction of sp³-hybridized carbons (Fsp3) is 0.222. The Balaban J connectivity index is 1.95. The van der Waals surface area contributed by atoms with E-state index in [4.69, 9.17) is 27.9 Å². The monoisotopic (exact) mass is 380 g/mol. The van der Waals surface area contributed by atoms with E-state index in [9.17, 15) is 9.59 Å². The highest BCUT2D eigenvalue weighted by molar-refractivity contribution is 6.35. The van der Waals surface area contributed by atoms with Crippen molar-refractivity contribution in [2.24, 2.45) is 0 Å². The summed E-state index contributed by atoms with van der Waals surface area (Å²) >= 11 is 11.8. The molecule has 2 aromatic carbocycles. The molecule has 0 saturated carbocycles. The van der Waals surface area contributed by atoms with E-state index >= 15 is 0 Å². The van der Waals surface area contributed by atoms with Crippen molar-refractivity contribution in [3.8, 4) is 5.75 Å². The van der Waals surface area contributed by atoms with Crippen molar-refractivity contribution in [1.82, 2.24) is 5.32 Å². The first kappa shape index (κ1) is 19.1. The molecule has 0 heterocycles. The number of rotatable bonds is 6. The minimum atomic E-state index is -0.368. The van der Waals surface area contributed by atoms with Gasteiger partial charge >= 0.3 is 0 Å². The summed E-state index contributed by atoms with van der Waals surface area (Å²) in [4.78, 5) is 24.0. The lowest BCUT2D eigenvalue weighted by molar-refractivity contribution is -0.118. The lowest BCUT2D eigenvalue weighted by Gasteiger charge is -2.11. The van der Waals surface area contributed by atoms with E-state index in [1.54, 1.807) is 36.4 Å². The Morgan fingerprint density at radius 1 is 1.12 bits per heavy atom. The van der Waals surface area contributed by atoms with Crippen molar-refractivity contribution in [1.29, 1.82) is 0 Å². The number of carbonyl (C=O) groups excluding carboxylic acids is 2. The molecular weight excluding hydrogens is 363 g/mol. The number of amides is 2. The van der Waals surface area contributed by atoms with E-state index in [2.05, 4.69) is 10.6 Å². The minimum absolute atomic E-state index is 0.0308. The third kappa shape index (κ3) is 5.96. The molecule has 2 rings (SSSR count). The quantitative estimate of drug-likeness (QED) is 0.790. The fourth-order valence-electron chi connectivity index (χ4n) is 2.02. The molecule has 132 valence electrons. The van der Waals surface area contributed by atoms with Crippen LogP contribution in [-0.2, 0) is 4.79 Å². The van der Waals surface area contributed by atoms with Crippen LogP contribution in [0, 0.1) is 0 Å². The van der Waals surface area contributed by atoms with E-state index < -0.39 is 0 Å². The Morgan fingerprint density at radius 3 is 2.56 bits per heavy atom. The molecule has 0 bridgehead atoms. The Labute approximate surface area is 156 Å². The smallest absolute Gasteiger partial charge is 0.262 e. The summed E-state index contributed by atoms with van der Waals surface area (Å²) in [6, 6.07) is 11.5. The largest absolute Gasteiger partial charge is 0.482 e. The van der Waals surface area contributed by atoms with Crippen LogP contribution >= 0.6 is 23.2 Å². The lowest BCUT2D eigenvalue weighted by Crippen LogP contribution is -2.30. The summed E-state index contributed by atoms with van der Waals surface area (Å²) in [7, 11) is 0. The van der Waals surface area contributed by atoms with Gasteiger partial charge in [0.25, 0.3) is 11.8 Å². The summed E-state index contributed by atoms with van der Waals surface area (Å²) < 4.78 is 5.37. The second-order valence-electron chi connectivity index (χ2n) is 5.62. The molecule has 0 saturated heterocycles. The molecule has 0 aliphatic carbocycles. The van der Waals surface area contributed by atoms with E-state index in [0.717, 1.165) is 0 Å². The molecule has 5 nitrogen and oxygen atoms in total. The van der Waals surface area contributed by atoms with Crippen LogP contribution in [0.2, 0.25) is 10.0 Å². The molecule has 0 aromatic heterocycles. The fourth-order valence-corrected chi connectivity index (χ4v) is 2.48. The number of hydrogen-bond donors (Lipinski definition) is 2. The molecule has 7 heteroatoms. The molecule has 0 aliphatic heterocycles. The van der Waals surface area contributed by atoms with E-state index in [1.807, 2.05) is 13.8 Å². The summed E-state index contributed by atoms with van der Waals surface area (Å²) in [5.41, 5.74) is 0.973. The number of benzene rings is 2. The highest BCUT2D eigenvalue weighted by Crippen LogP contribution is 2.27. The highest BCUT2D eigenvalue weighted by atomic mass is 35.5. The summed E-state index contributed by atoms with van der Waals surface area (Å²) in [6.45, 7) is 3.54. The third-order valence-corrected chi connectivity index (χ3v) is 3.61. The zero-order valence-electron chi connectivity index (χ0n) is 13.8. The van der Waals surface area contributed by atoms with Crippen LogP contribution in [0.4, 0.5) is 5.69 Å². The molecule has 2 aromatic rings. The van der Waals surface area contributed by atoms with Gasteiger partial charge < -0.3 is 15.4 Å². The molecular formula is C18H18Cl2N2O3. The van der Waals surface area contributed by atoms with Crippen LogP contribution in [0.5, 0.6) is 5.75 Å². The van der Waals surface area contributed by atoms with Crippen LogP contribution in [0.15, 0.2) is 42.5 Å². The van der Waals surface area contributed by atoms with Gasteiger partial charge in [0.15, 0.2) is 6.61 Å². The molecule has 2 N–H and O–H groups in total. The number of anilines is 1. The Bertz CT molecular complexity index is 779. The van der Waals surface area contributed by atoms with Gasteiger partial charge in [-0.2, -0.15) is 0 Å². The van der Waals surface area contributed by atoms with Crippen LogP contribution in [0.1, 0.15) is 24.2 Å². The average molecular weight is 381 g/mol. The zero-order chi connectivity index (χ0) is 18.4. The van der Waals surface area contributed by atoms with E-state index in [0.29, 0.717) is 27.0 Å². The maximum Gasteiger partial charge on any atom is 0.262 e. The number of halogens is 2. The second kappa shape index (κ2) is 8.74. The molecule has 0 spiro atoms. The van der Waals surface area contributed by atoms with Gasteiger partial charge in [-0.1, -0.05) is 29.3 Å². The van der Waals surface area contributed by atoms with Gasteiger partial charge in [-0.05, 0) is 50.2 Å². The van der Waals surface area contributed by atoms with Gasteiger partial charge in [0, 0.05) is 22.3 Å². The van der Waals surface area contributed by atoms with Gasteiger partial charge in [-0.3, -0.25) is 9.59 Å². The predicted molar refractivity (Wildman–Crippen MR) is 99.6 cm³/mol. The van der Waals surface area contributed by atoms with Gasteiger partial charge in [0.2, 0.25) is 0 Å². The standard InChI is InChI=1S/C18H18Cl2N2O3/c1-11(2)21-18(24)12-4-3-5-14(8-12)22-17(23)10-25-16-7-6-13(19)9-15(16)20/h3-9,11H,10H2,1-2H3,(H,21,24)(H,22,23). The van der Waals surface area contributed by atoms with Crippen molar-refractivity contribution < 1.29 is 14.3 Å². The maximum absolute atomic E-state index is 12.0. The van der Waals surface area contributed by atoms with Crippen LogP contribution in [0.3, 0.4) is 0 Å². The van der Waals surface area contributed by atoms with Gasteiger partial charge in [-0.25, -0.2) is 0 Å². The number of hydrogen-bond acceptors (Lipinski definition) is 3. The first-order chi connectivity index (χ1) is 11.8. The summed E-state index contributed by atoms with van der Waals surface area (Å²) in [5, 5.41) is 6.28. The lowest BCUT2D eigenvalue weighted by atomic mass is 10.2. The van der Waals surface area contributed by atoms with Gasteiger partial charge in [0.05, 0.1) is 5.02 Å². The number of carbonyl (C=O) groups is 2. The molecule has 0 atom stereocenters. The first-order valence-electron chi connectivity index (χ1n) is 7.64. The zero-order valence-corrected chi connectivity index (χ0v) is 15.3. The molecule has 0 unspecified atom stereocenters. The van der Waals surface area contributed by atoms with E-state index in [1.165, 1.54) is 6.07 Å². The summed E-state index contributed by atoms with van der Waals surface area (Å²) in [6.07, 6.45) is 0. The summed E-state index contributed by atoms with van der Waals surface area (Å²) in [5.74, 6) is -0.200. The molecule has 0 radical (unpaired) electrons. The topological polar surface area (TPSA) is 67.4 Å². The van der Waals surface area contributed by atoms with Crippen LogP contribution < -0.4 is 15.4 Å². The van der Waals surface area contributed by atoms with Crippen molar-refractivity contribution >= 4 is 40.7 Å². The van der Waals surface area contributed by atoms with Crippen molar-refractivity contribution in [3.05, 3.63) is 58.1 Å². The Morgan fingerprint density at radius 2 is 1.88 bits per heavy atom. The van der Waals surface area contributed by atoms with Crippen molar-refractivity contribution in [2.45, 2.75) is 19.9 Å². The SMILES string of the molecule is CC(C)NC(=O)c1cccc(NC(=O)COc2ccc(Cl)cc2Cl)c1. The van der Waals surface area contributed by atoms with Gasteiger partial charge in [0.1, 0.15) is 5.75 Å². The highest BCUT2D eigenvalue weighted by Gasteiger charge is 2.10. The second-order valence-corrected chi connectivity index (χ2v) is 6.46. The first-order valence-corrected chi connectivity index (χ1v) is 8.39. The number of nitrogens with one attached hydrogen (secondary N) is 2. The minimum Gasteiger partial charge on any atom is -0.482 e. The molecule has 25 heavy (non-hydrogen) atoms. The molecule has 0 aliphatic rings. The third-order valence-electron chi connectivity index (χ3n) is 3.08. The normalized spacial score (nSPS) is 10.4. The molecule has 0 fully saturated rings. The number of ether oxygens (including phenoxy) is 1. The maximum atomic E-state index is 12.0. The molecule has 2 amide bonds. The Kier molecular flexibility index (Phi) is 6.67. The predicted octanol–water partition coefficient (Wildman–Crippen LogP) is 4.15. The van der Waals surface area contributed by atoms with Gasteiger partial charge in [-0.15, -0.1) is 0 Å². The Hall–Kier alpha value is -2.24. The van der Waals surface area contributed by atoms with Crippen LogP contribution in [0.25, 0.3) is 0 Å². The van der Waals surface area contributed by atoms with E-state index in [-0.39, 0.29) is 24.5 Å². The van der Waals surface area contributed by atoms with Crippen LogP contribution in [-0.4, -0.2) is 24.5 Å².